The van der Waals surface area contributed by atoms with Gasteiger partial charge >= 0.3 is 0 Å². The quantitative estimate of drug-likeness (QED) is 0.621. The number of rotatable bonds is 4. The lowest BCUT2D eigenvalue weighted by atomic mass is 10.0. The predicted octanol–water partition coefficient (Wildman–Crippen LogP) is 2.95. The van der Waals surface area contributed by atoms with Crippen molar-refractivity contribution in [3.05, 3.63) is 58.8 Å². The molecule has 28 heavy (non-hydrogen) atoms. The molecular formula is C21H21N2O5-. The van der Waals surface area contributed by atoms with E-state index in [4.69, 9.17) is 15.2 Å². The molecule has 2 aliphatic rings. The summed E-state index contributed by atoms with van der Waals surface area (Å²) < 4.78 is 5.82. The number of allylic oxidation sites excluding steroid dienone is 1. The largest absolute Gasteiger partial charge is 0.872 e. The minimum atomic E-state index is -0.287. The number of hydrogen-bond donors (Lipinski definition) is 2. The molecule has 0 saturated carbocycles. The summed E-state index contributed by atoms with van der Waals surface area (Å²) in [7, 11) is 0. The Morgan fingerprint density at radius 3 is 2.68 bits per heavy atom. The van der Waals surface area contributed by atoms with E-state index in [1.165, 1.54) is 36.8 Å². The van der Waals surface area contributed by atoms with Gasteiger partial charge in [0.1, 0.15) is 5.75 Å². The molecule has 0 radical (unpaired) electrons. The molecular weight excluding hydrogens is 360 g/mol. The maximum absolute atomic E-state index is 12.8. The molecule has 4 rings (SSSR count). The van der Waals surface area contributed by atoms with Gasteiger partial charge in [0.2, 0.25) is 5.78 Å². The lowest BCUT2D eigenvalue weighted by molar-refractivity contribution is -0.269. The third-order valence-electron chi connectivity index (χ3n) is 5.13. The van der Waals surface area contributed by atoms with Crippen molar-refractivity contribution >= 4 is 17.5 Å². The molecule has 2 aromatic carbocycles. The maximum Gasteiger partial charge on any atom is 0.231 e. The number of piperidine rings is 1. The average molecular weight is 381 g/mol. The van der Waals surface area contributed by atoms with Crippen LogP contribution in [0.5, 0.6) is 11.5 Å². The second-order valence-corrected chi connectivity index (χ2v) is 7.08. The fourth-order valence-electron chi connectivity index (χ4n) is 3.67. The predicted molar refractivity (Wildman–Crippen MR) is 100 cm³/mol. The maximum atomic E-state index is 12.8. The Kier molecular flexibility index (Phi) is 5.04. The van der Waals surface area contributed by atoms with Gasteiger partial charge in [-0.3, -0.25) is 20.1 Å². The molecule has 0 aliphatic carbocycles. The standard InChI is InChI=1S/C21H22N2O5/c24-18-8-7-16-20(25)19(12-14-5-4-6-15(11-14)23(26)27)28-21(16)17(18)13-22-9-2-1-3-10-22/h4-8,11-12,24,26-27H,1-3,9-10,13H2/p-1. The number of anilines is 1. The van der Waals surface area contributed by atoms with Crippen LogP contribution < -0.4 is 15.1 Å². The Labute approximate surface area is 162 Å². The van der Waals surface area contributed by atoms with Crippen molar-refractivity contribution in [1.82, 2.24) is 4.90 Å². The number of ether oxygens (including phenoxy) is 1. The topological polar surface area (TPSA) is 96.3 Å². The lowest BCUT2D eigenvalue weighted by Gasteiger charge is -2.28. The first-order valence-electron chi connectivity index (χ1n) is 9.30. The number of ketones is 1. The first kappa shape index (κ1) is 18.5. The van der Waals surface area contributed by atoms with E-state index in [1.807, 2.05) is 0 Å². The van der Waals surface area contributed by atoms with E-state index in [9.17, 15) is 9.90 Å². The first-order chi connectivity index (χ1) is 13.5. The Hall–Kier alpha value is -2.87. The number of fused-ring (bicyclic) bond motifs is 1. The first-order valence-corrected chi connectivity index (χ1v) is 9.30. The molecule has 2 aromatic rings. The summed E-state index contributed by atoms with van der Waals surface area (Å²) in [5.74, 6) is 0.0400. The number of hydrogen-bond acceptors (Lipinski definition) is 7. The lowest BCUT2D eigenvalue weighted by Crippen LogP contribution is -2.29. The van der Waals surface area contributed by atoms with Gasteiger partial charge in [-0.25, -0.2) is 0 Å². The Bertz CT molecular complexity index is 932. The van der Waals surface area contributed by atoms with Gasteiger partial charge < -0.3 is 9.84 Å². The highest BCUT2D eigenvalue weighted by molar-refractivity contribution is 6.15. The molecule has 0 spiro atoms. The van der Waals surface area contributed by atoms with Crippen molar-refractivity contribution in [2.75, 3.05) is 18.3 Å². The van der Waals surface area contributed by atoms with E-state index in [0.29, 0.717) is 29.0 Å². The normalized spacial score (nSPS) is 18.2. The van der Waals surface area contributed by atoms with Crippen LogP contribution in [0.15, 0.2) is 42.2 Å². The van der Waals surface area contributed by atoms with Crippen molar-refractivity contribution in [1.29, 1.82) is 0 Å². The van der Waals surface area contributed by atoms with Crippen LogP contribution in [0.2, 0.25) is 0 Å². The summed E-state index contributed by atoms with van der Waals surface area (Å²) in [6.45, 7) is 2.35. The van der Waals surface area contributed by atoms with Crippen LogP contribution in [0, 0.1) is 0 Å². The Morgan fingerprint density at radius 2 is 1.93 bits per heavy atom. The molecule has 2 aliphatic heterocycles. The zero-order chi connectivity index (χ0) is 19.7. The number of nitrogens with zero attached hydrogens (tertiary/aromatic N) is 2. The summed E-state index contributed by atoms with van der Waals surface area (Å²) in [6, 6.07) is 9.30. The van der Waals surface area contributed by atoms with Crippen LogP contribution in [0.3, 0.4) is 0 Å². The van der Waals surface area contributed by atoms with Gasteiger partial charge in [-0.05, 0) is 55.8 Å². The Morgan fingerprint density at radius 1 is 1.14 bits per heavy atom. The molecule has 0 atom stereocenters. The molecule has 1 saturated heterocycles. The van der Waals surface area contributed by atoms with Crippen molar-refractivity contribution in [3.63, 3.8) is 0 Å². The molecule has 2 N–H and O–H groups in total. The van der Waals surface area contributed by atoms with Gasteiger partial charge in [0.25, 0.3) is 0 Å². The van der Waals surface area contributed by atoms with Crippen LogP contribution in [-0.4, -0.2) is 34.2 Å². The zero-order valence-corrected chi connectivity index (χ0v) is 15.3. The molecule has 2 heterocycles. The number of likely N-dealkylation sites (tertiary alicyclic amines) is 1. The average Bonchev–Trinajstić information content (AvgIpc) is 3.01. The number of carbonyl (C=O) groups is 1. The van der Waals surface area contributed by atoms with Gasteiger partial charge in [0.05, 0.1) is 11.3 Å². The van der Waals surface area contributed by atoms with Crippen LogP contribution in [0.4, 0.5) is 5.69 Å². The van der Waals surface area contributed by atoms with E-state index < -0.39 is 0 Å². The van der Waals surface area contributed by atoms with Gasteiger partial charge in [-0.15, -0.1) is 11.0 Å². The zero-order valence-electron chi connectivity index (χ0n) is 15.3. The fourth-order valence-corrected chi connectivity index (χ4v) is 3.67. The van der Waals surface area contributed by atoms with Crippen molar-refractivity contribution in [2.24, 2.45) is 0 Å². The van der Waals surface area contributed by atoms with Crippen molar-refractivity contribution in [2.45, 2.75) is 25.8 Å². The van der Waals surface area contributed by atoms with Gasteiger partial charge in [-0.1, -0.05) is 24.6 Å². The van der Waals surface area contributed by atoms with E-state index >= 15 is 0 Å². The summed E-state index contributed by atoms with van der Waals surface area (Å²) in [4.78, 5) is 15.0. The minimum absolute atomic E-state index is 0.00845. The highest BCUT2D eigenvalue weighted by Crippen LogP contribution is 2.39. The number of carbonyl (C=O) groups excluding carboxylic acids is 1. The van der Waals surface area contributed by atoms with Crippen molar-refractivity contribution in [3.8, 4) is 11.5 Å². The number of benzene rings is 2. The second kappa shape index (κ2) is 7.63. The Balaban J connectivity index is 1.64. The fraction of sp³-hybridized carbons (Fsp3) is 0.286. The molecule has 0 aromatic heterocycles. The van der Waals surface area contributed by atoms with E-state index in [2.05, 4.69) is 4.90 Å². The van der Waals surface area contributed by atoms with Crippen LogP contribution in [-0.2, 0) is 6.54 Å². The van der Waals surface area contributed by atoms with Crippen LogP contribution in [0.25, 0.3) is 6.08 Å². The summed E-state index contributed by atoms with van der Waals surface area (Å²) >= 11 is 0. The van der Waals surface area contributed by atoms with E-state index in [-0.39, 0.29) is 28.2 Å². The smallest absolute Gasteiger partial charge is 0.231 e. The highest BCUT2D eigenvalue weighted by atomic mass is 16.8. The summed E-state index contributed by atoms with van der Waals surface area (Å²) in [5.41, 5.74) is 1.63. The van der Waals surface area contributed by atoms with Crippen LogP contribution >= 0.6 is 0 Å². The minimum Gasteiger partial charge on any atom is -0.872 e. The molecule has 7 nitrogen and oxygen atoms in total. The monoisotopic (exact) mass is 381 g/mol. The molecule has 7 heteroatoms. The molecule has 1 fully saturated rings. The number of Topliss-reactive ketones (excluding diaryl/α,β-unsaturated/α-hetero) is 1. The molecule has 0 bridgehead atoms. The van der Waals surface area contributed by atoms with Crippen molar-refractivity contribution < 1.29 is 25.1 Å². The van der Waals surface area contributed by atoms with Gasteiger partial charge in [0, 0.05) is 12.1 Å². The third-order valence-corrected chi connectivity index (χ3v) is 5.13. The van der Waals surface area contributed by atoms with E-state index in [0.717, 1.165) is 25.9 Å². The van der Waals surface area contributed by atoms with Gasteiger partial charge in [-0.2, -0.15) is 0 Å². The van der Waals surface area contributed by atoms with Gasteiger partial charge in [0.15, 0.2) is 5.76 Å². The SMILES string of the molecule is O=C1C(=Cc2cccc(N(O)O)c2)Oc2c1ccc([O-])c2CN1CCCCC1. The molecule has 0 amide bonds. The summed E-state index contributed by atoms with van der Waals surface area (Å²) in [6.07, 6.45) is 4.95. The summed E-state index contributed by atoms with van der Waals surface area (Å²) in [5, 5.41) is 30.8. The molecule has 146 valence electrons. The van der Waals surface area contributed by atoms with E-state index in [1.54, 1.807) is 12.1 Å². The molecule has 0 unspecified atom stereocenters. The third kappa shape index (κ3) is 3.60. The van der Waals surface area contributed by atoms with Crippen LogP contribution in [0.1, 0.15) is 40.7 Å². The highest BCUT2D eigenvalue weighted by Gasteiger charge is 2.30. The second-order valence-electron chi connectivity index (χ2n) is 7.08.